The van der Waals surface area contributed by atoms with Gasteiger partial charge in [-0.15, -0.1) is 0 Å². The van der Waals surface area contributed by atoms with Crippen LogP contribution < -0.4 is 0 Å². The van der Waals surface area contributed by atoms with Crippen molar-refractivity contribution in [2.45, 2.75) is 213 Å². The molecule has 0 amide bonds. The fourth-order valence-electron chi connectivity index (χ4n) is 6.18. The lowest BCUT2D eigenvalue weighted by molar-refractivity contribution is -0.166. The Morgan fingerprint density at radius 2 is 0.683 bits per heavy atom. The van der Waals surface area contributed by atoms with Gasteiger partial charge in [0.15, 0.2) is 6.10 Å². The molecule has 0 aliphatic rings. The molecule has 0 bridgehead atoms. The molecule has 0 aromatic carbocycles. The fourth-order valence-corrected chi connectivity index (χ4v) is 6.18. The molecule has 1 unspecified atom stereocenters. The van der Waals surface area contributed by atoms with Crippen LogP contribution in [0.1, 0.15) is 207 Å². The molecule has 0 aliphatic heterocycles. The second-order valence-corrected chi connectivity index (χ2v) is 15.6. The van der Waals surface area contributed by atoms with Crippen molar-refractivity contribution in [1.82, 2.24) is 0 Å². The first-order valence-corrected chi connectivity index (χ1v) is 24.2. The zero-order chi connectivity index (χ0) is 43.7. The summed E-state index contributed by atoms with van der Waals surface area (Å²) in [7, 11) is 0. The van der Waals surface area contributed by atoms with E-state index >= 15 is 0 Å². The van der Waals surface area contributed by atoms with E-state index in [0.29, 0.717) is 19.3 Å². The molecule has 60 heavy (non-hydrogen) atoms. The Hall–Kier alpha value is -3.67. The van der Waals surface area contributed by atoms with E-state index in [0.717, 1.165) is 77.0 Å². The number of unbranched alkanes of at least 4 members (excludes halogenated alkanes) is 15. The van der Waals surface area contributed by atoms with Crippen LogP contribution >= 0.6 is 0 Å². The summed E-state index contributed by atoms with van der Waals surface area (Å²) < 4.78 is 16.6. The van der Waals surface area contributed by atoms with Gasteiger partial charge >= 0.3 is 17.9 Å². The lowest BCUT2D eigenvalue weighted by Crippen LogP contribution is -2.30. The maximum Gasteiger partial charge on any atom is 0.306 e. The summed E-state index contributed by atoms with van der Waals surface area (Å²) in [6.07, 6.45) is 62.7. The second-order valence-electron chi connectivity index (χ2n) is 15.6. The van der Waals surface area contributed by atoms with Crippen molar-refractivity contribution in [1.29, 1.82) is 0 Å². The average Bonchev–Trinajstić information content (AvgIpc) is 3.24. The minimum absolute atomic E-state index is 0.135. The van der Waals surface area contributed by atoms with Gasteiger partial charge in [0, 0.05) is 19.3 Å². The maximum atomic E-state index is 12.7. The number of carbonyl (C=O) groups is 3. The lowest BCUT2D eigenvalue weighted by atomic mass is 10.1. The van der Waals surface area contributed by atoms with Crippen LogP contribution in [0, 0.1) is 0 Å². The van der Waals surface area contributed by atoms with E-state index in [1.165, 1.54) is 77.0 Å². The van der Waals surface area contributed by atoms with E-state index in [2.05, 4.69) is 106 Å². The van der Waals surface area contributed by atoms with E-state index in [9.17, 15) is 14.4 Å². The van der Waals surface area contributed by atoms with Gasteiger partial charge < -0.3 is 14.2 Å². The summed E-state index contributed by atoms with van der Waals surface area (Å²) in [6, 6.07) is 0. The molecule has 0 rings (SSSR count). The van der Waals surface area contributed by atoms with E-state index in [1.807, 2.05) is 12.2 Å². The van der Waals surface area contributed by atoms with Crippen molar-refractivity contribution in [2.75, 3.05) is 13.2 Å². The highest BCUT2D eigenvalue weighted by molar-refractivity contribution is 5.71. The molecule has 340 valence electrons. The van der Waals surface area contributed by atoms with Crippen molar-refractivity contribution < 1.29 is 28.6 Å². The molecule has 0 heterocycles. The number of ether oxygens (including phenoxy) is 3. The predicted octanol–water partition coefficient (Wildman–Crippen LogP) is 15.8. The van der Waals surface area contributed by atoms with Crippen LogP contribution in [0.25, 0.3) is 0 Å². The average molecular weight is 833 g/mol. The Labute approximate surface area is 368 Å². The standard InChI is InChI=1S/C54H88O6/c1-4-7-10-13-16-19-22-25-26-27-30-32-35-38-41-44-47-53(56)59-50-51(60-54(57)48-45-42-39-36-33-29-24-21-18-15-12-9-6-3)49-58-52(55)46-43-40-37-34-31-28-23-20-17-14-11-8-5-2/h7,10,16,19,25-26,28-33,37,39-40,42,51H,4-6,8-9,11-15,17-18,20-24,27,34-36,38,41,43-50H2,1-3H3/b10-7-,19-16-,26-25-,31-28-,32-30-,33-29-,40-37-,42-39-. The van der Waals surface area contributed by atoms with Gasteiger partial charge in [-0.25, -0.2) is 0 Å². The highest BCUT2D eigenvalue weighted by Gasteiger charge is 2.19. The molecule has 0 aliphatic carbocycles. The van der Waals surface area contributed by atoms with Gasteiger partial charge in [0.05, 0.1) is 0 Å². The van der Waals surface area contributed by atoms with Crippen molar-refractivity contribution >= 4 is 17.9 Å². The molecule has 0 N–H and O–H groups in total. The Bertz CT molecular complexity index is 1230. The predicted molar refractivity (Wildman–Crippen MR) is 256 cm³/mol. The fraction of sp³-hybridized carbons (Fsp3) is 0.648. The van der Waals surface area contributed by atoms with E-state index in [1.54, 1.807) is 0 Å². The molecule has 6 heteroatoms. The Morgan fingerprint density at radius 3 is 1.12 bits per heavy atom. The molecule has 0 aromatic rings. The molecule has 0 spiro atoms. The normalized spacial score (nSPS) is 12.9. The lowest BCUT2D eigenvalue weighted by Gasteiger charge is -2.18. The first-order chi connectivity index (χ1) is 29.5. The number of hydrogen-bond donors (Lipinski definition) is 0. The van der Waals surface area contributed by atoms with Gasteiger partial charge in [-0.05, 0) is 96.3 Å². The van der Waals surface area contributed by atoms with Gasteiger partial charge in [-0.3, -0.25) is 14.4 Å². The van der Waals surface area contributed by atoms with Crippen LogP contribution in [0.4, 0.5) is 0 Å². The molecular formula is C54H88O6. The van der Waals surface area contributed by atoms with Crippen LogP contribution in [-0.4, -0.2) is 37.2 Å². The van der Waals surface area contributed by atoms with E-state index < -0.39 is 12.1 Å². The number of carbonyl (C=O) groups excluding carboxylic acids is 3. The summed E-state index contributed by atoms with van der Waals surface area (Å²) in [5.41, 5.74) is 0. The van der Waals surface area contributed by atoms with Crippen LogP contribution in [0.2, 0.25) is 0 Å². The molecule has 0 fully saturated rings. The first-order valence-electron chi connectivity index (χ1n) is 24.2. The van der Waals surface area contributed by atoms with Gasteiger partial charge in [0.25, 0.3) is 0 Å². The summed E-state index contributed by atoms with van der Waals surface area (Å²) >= 11 is 0. The molecule has 6 nitrogen and oxygen atoms in total. The van der Waals surface area contributed by atoms with Crippen LogP contribution in [0.3, 0.4) is 0 Å². The maximum absolute atomic E-state index is 12.7. The summed E-state index contributed by atoms with van der Waals surface area (Å²) in [6.45, 7) is 6.35. The van der Waals surface area contributed by atoms with Gasteiger partial charge in [-0.1, -0.05) is 189 Å². The quantitative estimate of drug-likeness (QED) is 0.0264. The third-order valence-corrected chi connectivity index (χ3v) is 9.82. The van der Waals surface area contributed by atoms with Crippen LogP contribution in [0.15, 0.2) is 97.2 Å². The summed E-state index contributed by atoms with van der Waals surface area (Å²) in [5.74, 6) is -1.11. The minimum atomic E-state index is -0.843. The number of hydrogen-bond acceptors (Lipinski definition) is 6. The van der Waals surface area contributed by atoms with E-state index in [4.69, 9.17) is 14.2 Å². The monoisotopic (exact) mass is 833 g/mol. The second kappa shape index (κ2) is 48.0. The Morgan fingerprint density at radius 1 is 0.350 bits per heavy atom. The van der Waals surface area contributed by atoms with Crippen LogP contribution in [0.5, 0.6) is 0 Å². The molecule has 0 aromatic heterocycles. The molecule has 0 saturated carbocycles. The largest absolute Gasteiger partial charge is 0.462 e. The van der Waals surface area contributed by atoms with E-state index in [-0.39, 0.29) is 38.0 Å². The highest BCUT2D eigenvalue weighted by atomic mass is 16.6. The van der Waals surface area contributed by atoms with Crippen molar-refractivity contribution in [3.8, 4) is 0 Å². The Kier molecular flexibility index (Phi) is 45.1. The zero-order valence-corrected chi connectivity index (χ0v) is 38.7. The minimum Gasteiger partial charge on any atom is -0.462 e. The molecule has 0 saturated heterocycles. The third-order valence-electron chi connectivity index (χ3n) is 9.82. The topological polar surface area (TPSA) is 78.9 Å². The highest BCUT2D eigenvalue weighted by Crippen LogP contribution is 2.11. The number of esters is 3. The van der Waals surface area contributed by atoms with Crippen LogP contribution in [-0.2, 0) is 28.6 Å². The third kappa shape index (κ3) is 45.4. The summed E-state index contributed by atoms with van der Waals surface area (Å²) in [4.78, 5) is 37.8. The number of allylic oxidation sites excluding steroid dienone is 16. The smallest absolute Gasteiger partial charge is 0.306 e. The number of rotatable bonds is 42. The SMILES string of the molecule is CC/C=C\C/C=C\C/C=C\C/C=C\CCCCCC(=O)OCC(COC(=O)CC/C=C\C/C=C\CCCCCCCC)OC(=O)CC/C=C\C/C=C\CCCCCCCC. The van der Waals surface area contributed by atoms with Crippen molar-refractivity contribution in [3.05, 3.63) is 97.2 Å². The Balaban J connectivity index is 4.58. The van der Waals surface area contributed by atoms with Gasteiger partial charge in [-0.2, -0.15) is 0 Å². The first kappa shape index (κ1) is 56.3. The molecular weight excluding hydrogens is 745 g/mol. The molecule has 1 atom stereocenters. The van der Waals surface area contributed by atoms with Gasteiger partial charge in [0.1, 0.15) is 13.2 Å². The molecule has 0 radical (unpaired) electrons. The van der Waals surface area contributed by atoms with Crippen molar-refractivity contribution in [3.63, 3.8) is 0 Å². The summed E-state index contributed by atoms with van der Waals surface area (Å²) in [5, 5.41) is 0. The van der Waals surface area contributed by atoms with Crippen molar-refractivity contribution in [2.24, 2.45) is 0 Å². The zero-order valence-electron chi connectivity index (χ0n) is 38.7. The van der Waals surface area contributed by atoms with Gasteiger partial charge in [0.2, 0.25) is 0 Å².